The van der Waals surface area contributed by atoms with Gasteiger partial charge in [-0.15, -0.1) is 4.68 Å². The lowest BCUT2D eigenvalue weighted by atomic mass is 10.2. The van der Waals surface area contributed by atoms with E-state index in [0.717, 1.165) is 11.3 Å². The van der Waals surface area contributed by atoms with E-state index in [1.54, 1.807) is 31.5 Å². The standard InChI is InChI=1S/C17H16N4O2S/c1-12-9-13(7-8-15(12)22)20-16(23)10-24-17-18-11-19-21(17)14-5-3-2-4-6-14/h2-9,11H,10H2,1H3,(H2,20,22,23)/p+1. The Bertz CT molecular complexity index is 849. The summed E-state index contributed by atoms with van der Waals surface area (Å²) < 4.78 is 1.82. The number of aryl methyl sites for hydroxylation is 1. The first-order valence-electron chi connectivity index (χ1n) is 7.36. The van der Waals surface area contributed by atoms with Gasteiger partial charge < -0.3 is 10.4 Å². The predicted molar refractivity (Wildman–Crippen MR) is 92.3 cm³/mol. The lowest BCUT2D eigenvalue weighted by molar-refractivity contribution is -0.694. The van der Waals surface area contributed by atoms with Crippen molar-refractivity contribution in [1.82, 2.24) is 10.1 Å². The number of hydrogen-bond donors (Lipinski definition) is 3. The number of para-hydroxylation sites is 1. The number of thioether (sulfide) groups is 1. The number of nitrogens with zero attached hydrogens (tertiary/aromatic N) is 2. The lowest BCUT2D eigenvalue weighted by Gasteiger charge is -2.06. The van der Waals surface area contributed by atoms with Crippen molar-refractivity contribution in [3.8, 4) is 11.4 Å². The SMILES string of the molecule is Cc1cc(NC(=O)CSc2nc[nH][n+]2-c2ccccc2)ccc1O. The van der Waals surface area contributed by atoms with Crippen LogP contribution >= 0.6 is 11.8 Å². The van der Waals surface area contributed by atoms with Gasteiger partial charge in [0.25, 0.3) is 0 Å². The average molecular weight is 341 g/mol. The normalized spacial score (nSPS) is 10.5. The summed E-state index contributed by atoms with van der Waals surface area (Å²) in [5, 5.41) is 16.1. The molecule has 122 valence electrons. The van der Waals surface area contributed by atoms with Crippen molar-refractivity contribution in [3.63, 3.8) is 0 Å². The number of aromatic nitrogens is 3. The maximum absolute atomic E-state index is 12.1. The van der Waals surface area contributed by atoms with Crippen molar-refractivity contribution in [2.24, 2.45) is 0 Å². The van der Waals surface area contributed by atoms with Gasteiger partial charge in [0.15, 0.2) is 5.69 Å². The van der Waals surface area contributed by atoms with Gasteiger partial charge in [0.2, 0.25) is 12.2 Å². The zero-order valence-electron chi connectivity index (χ0n) is 13.1. The van der Waals surface area contributed by atoms with Crippen LogP contribution in [-0.4, -0.2) is 26.8 Å². The zero-order chi connectivity index (χ0) is 16.9. The van der Waals surface area contributed by atoms with Crippen molar-refractivity contribution in [2.75, 3.05) is 11.1 Å². The molecule has 3 rings (SSSR count). The van der Waals surface area contributed by atoms with Gasteiger partial charge in [0.05, 0.1) is 5.75 Å². The van der Waals surface area contributed by atoms with E-state index in [9.17, 15) is 9.90 Å². The molecular weight excluding hydrogens is 324 g/mol. The second-order valence-corrected chi connectivity index (χ2v) is 6.12. The Balaban J connectivity index is 1.63. The van der Waals surface area contributed by atoms with Crippen LogP contribution in [0.2, 0.25) is 0 Å². The maximum atomic E-state index is 12.1. The van der Waals surface area contributed by atoms with E-state index in [0.29, 0.717) is 10.8 Å². The first kappa shape index (κ1) is 16.1. The molecule has 0 radical (unpaired) electrons. The number of benzene rings is 2. The van der Waals surface area contributed by atoms with Crippen LogP contribution in [0.15, 0.2) is 60.0 Å². The molecule has 7 heteroatoms. The van der Waals surface area contributed by atoms with Crippen LogP contribution < -0.4 is 10.00 Å². The minimum absolute atomic E-state index is 0.132. The predicted octanol–water partition coefficient (Wildman–Crippen LogP) is 2.43. The van der Waals surface area contributed by atoms with Crippen molar-refractivity contribution in [1.29, 1.82) is 0 Å². The van der Waals surface area contributed by atoms with E-state index < -0.39 is 0 Å². The van der Waals surface area contributed by atoms with Crippen molar-refractivity contribution < 1.29 is 14.6 Å². The molecular formula is C17H17N4O2S+. The Kier molecular flexibility index (Phi) is 4.81. The number of anilines is 1. The van der Waals surface area contributed by atoms with Gasteiger partial charge in [-0.1, -0.05) is 18.2 Å². The molecule has 0 fully saturated rings. The molecule has 0 atom stereocenters. The van der Waals surface area contributed by atoms with Crippen LogP contribution in [0.4, 0.5) is 5.69 Å². The minimum atomic E-state index is -0.132. The van der Waals surface area contributed by atoms with Gasteiger partial charge in [0, 0.05) is 5.69 Å². The molecule has 0 bridgehead atoms. The first-order valence-corrected chi connectivity index (χ1v) is 8.35. The van der Waals surface area contributed by atoms with Crippen molar-refractivity contribution >= 4 is 23.4 Å². The molecule has 6 nitrogen and oxygen atoms in total. The Morgan fingerprint density at radius 1 is 1.29 bits per heavy atom. The second kappa shape index (κ2) is 7.18. The van der Waals surface area contributed by atoms with Crippen LogP contribution in [0.1, 0.15) is 5.56 Å². The summed E-state index contributed by atoms with van der Waals surface area (Å²) in [4.78, 5) is 16.4. The number of aromatic hydroxyl groups is 1. The number of phenolic OH excluding ortho intramolecular Hbond substituents is 1. The summed E-state index contributed by atoms with van der Waals surface area (Å²) >= 11 is 1.34. The van der Waals surface area contributed by atoms with E-state index in [1.165, 1.54) is 11.8 Å². The zero-order valence-corrected chi connectivity index (χ0v) is 13.9. The van der Waals surface area contributed by atoms with Crippen LogP contribution in [0.25, 0.3) is 5.69 Å². The number of carbonyl (C=O) groups excluding carboxylic acids is 1. The number of phenols is 1. The molecule has 3 N–H and O–H groups in total. The number of amides is 1. The highest BCUT2D eigenvalue weighted by molar-refractivity contribution is 7.99. The summed E-state index contributed by atoms with van der Waals surface area (Å²) in [6.07, 6.45) is 1.59. The average Bonchev–Trinajstić information content (AvgIpc) is 3.06. The Labute approximate surface area is 143 Å². The summed E-state index contributed by atoms with van der Waals surface area (Å²) in [6.45, 7) is 1.78. The fraction of sp³-hybridized carbons (Fsp3) is 0.118. The number of carbonyl (C=O) groups is 1. The molecule has 0 saturated heterocycles. The maximum Gasteiger partial charge on any atom is 0.385 e. The molecule has 24 heavy (non-hydrogen) atoms. The molecule has 0 saturated carbocycles. The molecule has 1 amide bonds. The summed E-state index contributed by atoms with van der Waals surface area (Å²) in [7, 11) is 0. The summed E-state index contributed by atoms with van der Waals surface area (Å²) in [5.74, 6) is 0.313. The lowest BCUT2D eigenvalue weighted by Crippen LogP contribution is -2.35. The highest BCUT2D eigenvalue weighted by Crippen LogP contribution is 2.20. The topological polar surface area (TPSA) is 81.9 Å². The van der Waals surface area contributed by atoms with E-state index in [2.05, 4.69) is 15.4 Å². The fourth-order valence-electron chi connectivity index (χ4n) is 2.18. The number of nitrogens with one attached hydrogen (secondary N) is 2. The van der Waals surface area contributed by atoms with E-state index in [1.807, 2.05) is 35.0 Å². The van der Waals surface area contributed by atoms with Crippen LogP contribution in [0.3, 0.4) is 0 Å². The van der Waals surface area contributed by atoms with E-state index >= 15 is 0 Å². The van der Waals surface area contributed by atoms with Crippen LogP contribution in [-0.2, 0) is 4.79 Å². The van der Waals surface area contributed by atoms with Gasteiger partial charge in [-0.25, -0.2) is 0 Å². The molecule has 0 unspecified atom stereocenters. The quantitative estimate of drug-likeness (QED) is 0.378. The van der Waals surface area contributed by atoms with Gasteiger partial charge in [0.1, 0.15) is 5.75 Å². The van der Waals surface area contributed by atoms with E-state index in [4.69, 9.17) is 0 Å². The molecule has 0 aliphatic carbocycles. The molecule has 3 aromatic rings. The third-order valence-electron chi connectivity index (χ3n) is 3.38. The third kappa shape index (κ3) is 3.75. The largest absolute Gasteiger partial charge is 0.508 e. The van der Waals surface area contributed by atoms with Gasteiger partial charge in [-0.05, 0) is 59.6 Å². The van der Waals surface area contributed by atoms with Crippen LogP contribution in [0, 0.1) is 6.92 Å². The van der Waals surface area contributed by atoms with Gasteiger partial charge in [-0.2, -0.15) is 5.10 Å². The highest BCUT2D eigenvalue weighted by atomic mass is 32.2. The molecule has 0 aliphatic rings. The monoisotopic (exact) mass is 341 g/mol. The molecule has 0 aliphatic heterocycles. The second-order valence-electron chi connectivity index (χ2n) is 5.18. The number of aromatic amines is 1. The Morgan fingerprint density at radius 3 is 2.83 bits per heavy atom. The Morgan fingerprint density at radius 2 is 2.08 bits per heavy atom. The minimum Gasteiger partial charge on any atom is -0.508 e. The first-order chi connectivity index (χ1) is 11.6. The smallest absolute Gasteiger partial charge is 0.385 e. The Hall–Kier alpha value is -2.80. The summed E-state index contributed by atoms with van der Waals surface area (Å²) in [6, 6.07) is 14.7. The number of rotatable bonds is 5. The fourth-order valence-corrected chi connectivity index (χ4v) is 2.93. The molecule has 2 aromatic carbocycles. The molecule has 1 aromatic heterocycles. The summed E-state index contributed by atoms with van der Waals surface area (Å²) in [5.41, 5.74) is 2.33. The van der Waals surface area contributed by atoms with Crippen molar-refractivity contribution in [2.45, 2.75) is 12.1 Å². The number of H-pyrrole nitrogens is 1. The molecule has 1 heterocycles. The van der Waals surface area contributed by atoms with Gasteiger partial charge in [-0.3, -0.25) is 4.79 Å². The van der Waals surface area contributed by atoms with Crippen LogP contribution in [0.5, 0.6) is 5.75 Å². The third-order valence-corrected chi connectivity index (χ3v) is 4.33. The van der Waals surface area contributed by atoms with Crippen molar-refractivity contribution in [3.05, 3.63) is 60.4 Å². The number of hydrogen-bond acceptors (Lipinski definition) is 4. The molecule has 0 spiro atoms. The highest BCUT2D eigenvalue weighted by Gasteiger charge is 2.18. The van der Waals surface area contributed by atoms with E-state index in [-0.39, 0.29) is 17.4 Å². The van der Waals surface area contributed by atoms with Gasteiger partial charge >= 0.3 is 5.16 Å².